The second-order valence-electron chi connectivity index (χ2n) is 6.18. The van der Waals surface area contributed by atoms with E-state index >= 15 is 0 Å². The maximum absolute atomic E-state index is 12.9. The summed E-state index contributed by atoms with van der Waals surface area (Å²) in [6.45, 7) is 7.41. The number of hydrogen-bond acceptors (Lipinski definition) is 3. The molecule has 0 aliphatic rings. The molecule has 0 spiro atoms. The molecule has 0 saturated carbocycles. The quantitative estimate of drug-likeness (QED) is 0.812. The Labute approximate surface area is 149 Å². The molecule has 25 heavy (non-hydrogen) atoms. The van der Waals surface area contributed by atoms with Crippen molar-refractivity contribution in [2.24, 2.45) is 0 Å². The highest BCUT2D eigenvalue weighted by Crippen LogP contribution is 2.28. The van der Waals surface area contributed by atoms with Crippen molar-refractivity contribution in [1.82, 2.24) is 0 Å². The third-order valence-electron chi connectivity index (χ3n) is 3.80. The second kappa shape index (κ2) is 7.70. The zero-order valence-corrected chi connectivity index (χ0v) is 15.8. The Morgan fingerprint density at radius 1 is 1.00 bits per heavy atom. The summed E-state index contributed by atoms with van der Waals surface area (Å²) in [6.07, 6.45) is 1.11. The summed E-state index contributed by atoms with van der Waals surface area (Å²) in [4.78, 5) is 12.1. The van der Waals surface area contributed by atoms with E-state index in [1.54, 1.807) is 38.1 Å². The Balaban J connectivity index is 2.38. The van der Waals surface area contributed by atoms with Gasteiger partial charge >= 0.3 is 0 Å². The summed E-state index contributed by atoms with van der Waals surface area (Å²) in [5.41, 5.74) is 3.20. The molecule has 2 aromatic rings. The largest absolute Gasteiger partial charge is 0.324 e. The van der Waals surface area contributed by atoms with Crippen molar-refractivity contribution in [1.29, 1.82) is 0 Å². The van der Waals surface area contributed by atoms with E-state index in [-0.39, 0.29) is 10.8 Å². The Morgan fingerprint density at radius 3 is 2.12 bits per heavy atom. The van der Waals surface area contributed by atoms with Crippen LogP contribution in [0.3, 0.4) is 0 Å². The summed E-state index contributed by atoms with van der Waals surface area (Å²) in [6, 6.07) is 10.5. The first-order valence-corrected chi connectivity index (χ1v) is 9.72. The van der Waals surface area contributed by atoms with Crippen molar-refractivity contribution >= 4 is 27.3 Å². The zero-order chi connectivity index (χ0) is 18.6. The fourth-order valence-electron chi connectivity index (χ4n) is 2.91. The summed E-state index contributed by atoms with van der Waals surface area (Å²) < 4.78 is 28.4. The van der Waals surface area contributed by atoms with Crippen LogP contribution in [0.1, 0.15) is 36.5 Å². The molecular weight excluding hydrogens is 336 g/mol. The van der Waals surface area contributed by atoms with E-state index in [4.69, 9.17) is 0 Å². The van der Waals surface area contributed by atoms with Gasteiger partial charge in [-0.25, -0.2) is 8.42 Å². The lowest BCUT2D eigenvalue weighted by Gasteiger charge is -2.16. The Hall–Kier alpha value is -2.34. The van der Waals surface area contributed by atoms with Crippen molar-refractivity contribution in [3.05, 3.63) is 53.1 Å². The number of amides is 1. The SMILES string of the molecule is CCCC(=O)Nc1ccccc1NS(=O)(=O)c1c(C)cc(C)cc1C. The number of benzene rings is 2. The predicted octanol–water partition coefficient (Wildman–Crippen LogP) is 4.15. The molecular formula is C19H24N2O3S. The van der Waals surface area contributed by atoms with Gasteiger partial charge in [-0.15, -0.1) is 0 Å². The summed E-state index contributed by atoms with van der Waals surface area (Å²) >= 11 is 0. The van der Waals surface area contributed by atoms with E-state index in [1.165, 1.54) is 0 Å². The minimum atomic E-state index is -3.76. The molecule has 0 aliphatic heterocycles. The van der Waals surface area contributed by atoms with Gasteiger partial charge in [0, 0.05) is 6.42 Å². The maximum atomic E-state index is 12.9. The lowest BCUT2D eigenvalue weighted by molar-refractivity contribution is -0.116. The third kappa shape index (κ3) is 4.60. The lowest BCUT2D eigenvalue weighted by Crippen LogP contribution is -2.18. The number of aryl methyl sites for hydroxylation is 3. The van der Waals surface area contributed by atoms with Gasteiger partial charge in [-0.3, -0.25) is 9.52 Å². The van der Waals surface area contributed by atoms with Crippen LogP contribution in [0, 0.1) is 20.8 Å². The van der Waals surface area contributed by atoms with E-state index in [1.807, 2.05) is 26.0 Å². The topological polar surface area (TPSA) is 75.3 Å². The number of carbonyl (C=O) groups excluding carboxylic acids is 1. The molecule has 0 unspecified atom stereocenters. The van der Waals surface area contributed by atoms with Gasteiger partial charge in [0.1, 0.15) is 0 Å². The maximum Gasteiger partial charge on any atom is 0.262 e. The number of para-hydroxylation sites is 2. The van der Waals surface area contributed by atoms with Crippen molar-refractivity contribution in [3.8, 4) is 0 Å². The van der Waals surface area contributed by atoms with Crippen LogP contribution in [-0.2, 0) is 14.8 Å². The number of rotatable bonds is 6. The molecule has 0 saturated heterocycles. The Morgan fingerprint density at radius 2 is 1.56 bits per heavy atom. The van der Waals surface area contributed by atoms with Gasteiger partial charge in [0.25, 0.3) is 10.0 Å². The Bertz CT molecular complexity index is 866. The van der Waals surface area contributed by atoms with Crippen molar-refractivity contribution < 1.29 is 13.2 Å². The van der Waals surface area contributed by atoms with Crippen molar-refractivity contribution in [3.63, 3.8) is 0 Å². The number of nitrogens with one attached hydrogen (secondary N) is 2. The Kier molecular flexibility index (Phi) is 5.85. The molecule has 2 aromatic carbocycles. The number of hydrogen-bond donors (Lipinski definition) is 2. The zero-order valence-electron chi connectivity index (χ0n) is 15.0. The average molecular weight is 360 g/mol. The summed E-state index contributed by atoms with van der Waals surface area (Å²) in [7, 11) is -3.76. The monoisotopic (exact) mass is 360 g/mol. The predicted molar refractivity (Wildman–Crippen MR) is 101 cm³/mol. The smallest absolute Gasteiger partial charge is 0.262 e. The van der Waals surface area contributed by atoms with E-state index in [0.29, 0.717) is 28.9 Å². The number of sulfonamides is 1. The van der Waals surface area contributed by atoms with E-state index < -0.39 is 10.0 Å². The minimum absolute atomic E-state index is 0.142. The van der Waals surface area contributed by atoms with Crippen LogP contribution in [0.15, 0.2) is 41.3 Å². The first kappa shape index (κ1) is 19.0. The first-order chi connectivity index (χ1) is 11.7. The molecule has 2 N–H and O–H groups in total. The van der Waals surface area contributed by atoms with Crippen LogP contribution in [0.4, 0.5) is 11.4 Å². The molecule has 0 fully saturated rings. The average Bonchev–Trinajstić information content (AvgIpc) is 2.47. The summed E-state index contributed by atoms with van der Waals surface area (Å²) in [5.74, 6) is -0.142. The first-order valence-electron chi connectivity index (χ1n) is 8.24. The molecule has 0 radical (unpaired) electrons. The van der Waals surface area contributed by atoms with E-state index in [9.17, 15) is 13.2 Å². The van der Waals surface area contributed by atoms with Gasteiger partial charge in [-0.05, 0) is 50.5 Å². The molecule has 134 valence electrons. The summed E-state index contributed by atoms with van der Waals surface area (Å²) in [5, 5.41) is 2.76. The van der Waals surface area contributed by atoms with Gasteiger partial charge in [0.2, 0.25) is 5.91 Å². The van der Waals surface area contributed by atoms with Gasteiger partial charge in [0.15, 0.2) is 0 Å². The lowest BCUT2D eigenvalue weighted by atomic mass is 10.1. The fraction of sp³-hybridized carbons (Fsp3) is 0.316. The number of carbonyl (C=O) groups is 1. The highest BCUT2D eigenvalue weighted by Gasteiger charge is 2.21. The molecule has 1 amide bonds. The normalized spacial score (nSPS) is 11.2. The molecule has 0 aromatic heterocycles. The van der Waals surface area contributed by atoms with Gasteiger partial charge in [-0.2, -0.15) is 0 Å². The third-order valence-corrected chi connectivity index (χ3v) is 5.47. The van der Waals surface area contributed by atoms with Gasteiger partial charge in [0.05, 0.1) is 16.3 Å². The molecule has 2 rings (SSSR count). The fourth-order valence-corrected chi connectivity index (χ4v) is 4.44. The highest BCUT2D eigenvalue weighted by atomic mass is 32.2. The van der Waals surface area contributed by atoms with Gasteiger partial charge < -0.3 is 5.32 Å². The van der Waals surface area contributed by atoms with Crippen LogP contribution in [0.2, 0.25) is 0 Å². The van der Waals surface area contributed by atoms with Crippen LogP contribution < -0.4 is 10.0 Å². The van der Waals surface area contributed by atoms with Gasteiger partial charge in [-0.1, -0.05) is 36.8 Å². The molecule has 5 nitrogen and oxygen atoms in total. The van der Waals surface area contributed by atoms with Crippen LogP contribution >= 0.6 is 0 Å². The van der Waals surface area contributed by atoms with Crippen LogP contribution in [0.25, 0.3) is 0 Å². The van der Waals surface area contributed by atoms with Crippen molar-refractivity contribution in [2.45, 2.75) is 45.4 Å². The van der Waals surface area contributed by atoms with E-state index in [0.717, 1.165) is 12.0 Å². The van der Waals surface area contributed by atoms with E-state index in [2.05, 4.69) is 10.0 Å². The molecule has 0 bridgehead atoms. The van der Waals surface area contributed by atoms with Crippen LogP contribution in [-0.4, -0.2) is 14.3 Å². The van der Waals surface area contributed by atoms with Crippen molar-refractivity contribution in [2.75, 3.05) is 10.0 Å². The highest BCUT2D eigenvalue weighted by molar-refractivity contribution is 7.92. The second-order valence-corrected chi connectivity index (χ2v) is 7.80. The molecule has 6 heteroatoms. The standard InChI is InChI=1S/C19H24N2O3S/c1-5-8-18(22)20-16-9-6-7-10-17(16)21-25(23,24)19-14(3)11-13(2)12-15(19)4/h6-7,9-12,21H,5,8H2,1-4H3,(H,20,22). The number of anilines is 2. The minimum Gasteiger partial charge on any atom is -0.324 e. The molecule has 0 aliphatic carbocycles. The van der Waals surface area contributed by atoms with Crippen LogP contribution in [0.5, 0.6) is 0 Å². The molecule has 0 atom stereocenters. The molecule has 0 heterocycles.